The molecular formula is C23H21NO5. The first kappa shape index (κ1) is 21.5. The van der Waals surface area contributed by atoms with E-state index in [-0.39, 0.29) is 0 Å². The second-order valence-corrected chi connectivity index (χ2v) is 5.89. The minimum absolute atomic E-state index is 0.344. The Kier molecular flexibility index (Phi) is 8.71. The third-order valence-corrected chi connectivity index (χ3v) is 3.71. The number of hydrogen-bond acceptors (Lipinski definition) is 6. The lowest BCUT2D eigenvalue weighted by Gasteiger charge is -2.06. The molecule has 0 unspecified atom stereocenters. The summed E-state index contributed by atoms with van der Waals surface area (Å²) in [6.07, 6.45) is 5.58. The van der Waals surface area contributed by atoms with Gasteiger partial charge in [0.1, 0.15) is 11.5 Å². The van der Waals surface area contributed by atoms with Crippen LogP contribution in [0.25, 0.3) is 6.08 Å². The minimum atomic E-state index is -0.507. The van der Waals surface area contributed by atoms with Crippen molar-refractivity contribution in [2.24, 2.45) is 0 Å². The summed E-state index contributed by atoms with van der Waals surface area (Å²) in [5, 5.41) is 8.75. The molecule has 0 aromatic heterocycles. The molecule has 0 aliphatic rings. The fraction of sp³-hybridized carbons (Fsp3) is 0.174. The first-order valence-electron chi connectivity index (χ1n) is 9.03. The average Bonchev–Trinajstić information content (AvgIpc) is 2.75. The van der Waals surface area contributed by atoms with Gasteiger partial charge in [-0.05, 0) is 60.9 Å². The molecule has 29 heavy (non-hydrogen) atoms. The van der Waals surface area contributed by atoms with Gasteiger partial charge in [-0.15, -0.1) is 0 Å². The number of ether oxygens (including phenoxy) is 3. The fourth-order valence-corrected chi connectivity index (χ4v) is 2.21. The standard InChI is InChI=1S/C23H21NO5/c1-2-22(25)28-16-4-3-15-27-20-10-5-18(6-11-20)9-14-23(26)29-21-12-7-19(17-24)8-13-21/h2,5-14H,1,3-4,15-16H2/b14-9+. The first-order chi connectivity index (χ1) is 14.1. The topological polar surface area (TPSA) is 85.6 Å². The van der Waals surface area contributed by atoms with E-state index in [0.717, 1.165) is 18.1 Å². The van der Waals surface area contributed by atoms with E-state index in [9.17, 15) is 9.59 Å². The molecule has 2 aromatic carbocycles. The molecule has 6 nitrogen and oxygen atoms in total. The number of hydrogen-bond donors (Lipinski definition) is 0. The van der Waals surface area contributed by atoms with Gasteiger partial charge in [0.15, 0.2) is 0 Å². The van der Waals surface area contributed by atoms with E-state index >= 15 is 0 Å². The van der Waals surface area contributed by atoms with Crippen LogP contribution >= 0.6 is 0 Å². The molecule has 148 valence electrons. The highest BCUT2D eigenvalue weighted by Crippen LogP contribution is 2.15. The molecule has 0 spiro atoms. The lowest BCUT2D eigenvalue weighted by atomic mass is 10.2. The zero-order valence-corrected chi connectivity index (χ0v) is 15.9. The van der Waals surface area contributed by atoms with Crippen molar-refractivity contribution >= 4 is 18.0 Å². The molecule has 0 heterocycles. The highest BCUT2D eigenvalue weighted by molar-refractivity contribution is 5.88. The van der Waals surface area contributed by atoms with Gasteiger partial charge in [-0.25, -0.2) is 9.59 Å². The van der Waals surface area contributed by atoms with Crippen LogP contribution in [-0.4, -0.2) is 25.2 Å². The van der Waals surface area contributed by atoms with Crippen molar-refractivity contribution < 1.29 is 23.8 Å². The van der Waals surface area contributed by atoms with Crippen molar-refractivity contribution in [3.05, 3.63) is 78.4 Å². The van der Waals surface area contributed by atoms with Crippen molar-refractivity contribution in [1.82, 2.24) is 0 Å². The van der Waals surface area contributed by atoms with Crippen LogP contribution in [0.2, 0.25) is 0 Å². The Morgan fingerprint density at radius 3 is 2.24 bits per heavy atom. The number of nitriles is 1. The van der Waals surface area contributed by atoms with E-state index in [1.54, 1.807) is 30.3 Å². The molecule has 0 aliphatic heterocycles. The highest BCUT2D eigenvalue weighted by atomic mass is 16.5. The number of nitrogens with zero attached hydrogens (tertiary/aromatic N) is 1. The van der Waals surface area contributed by atoms with Crippen LogP contribution in [-0.2, 0) is 14.3 Å². The molecule has 2 rings (SSSR count). The normalized spacial score (nSPS) is 10.2. The number of benzene rings is 2. The predicted molar refractivity (Wildman–Crippen MR) is 108 cm³/mol. The first-order valence-corrected chi connectivity index (χ1v) is 9.03. The minimum Gasteiger partial charge on any atom is -0.494 e. The SMILES string of the molecule is C=CC(=O)OCCCCOc1ccc(/C=C/C(=O)Oc2ccc(C#N)cc2)cc1. The number of rotatable bonds is 10. The maximum Gasteiger partial charge on any atom is 0.336 e. The number of carbonyl (C=O) groups excluding carboxylic acids is 2. The zero-order chi connectivity index (χ0) is 20.9. The molecule has 0 saturated heterocycles. The second-order valence-electron chi connectivity index (χ2n) is 5.89. The molecular weight excluding hydrogens is 370 g/mol. The number of unbranched alkanes of at least 4 members (excludes halogenated alkanes) is 1. The van der Waals surface area contributed by atoms with Crippen molar-refractivity contribution in [3.63, 3.8) is 0 Å². The van der Waals surface area contributed by atoms with Gasteiger partial charge in [0.2, 0.25) is 0 Å². The van der Waals surface area contributed by atoms with Crippen molar-refractivity contribution in [2.45, 2.75) is 12.8 Å². The molecule has 0 bridgehead atoms. The summed E-state index contributed by atoms with van der Waals surface area (Å²) in [5.41, 5.74) is 1.32. The number of esters is 2. The highest BCUT2D eigenvalue weighted by Gasteiger charge is 2.01. The number of carbonyl (C=O) groups is 2. The van der Waals surface area contributed by atoms with Crippen LogP contribution in [0, 0.1) is 11.3 Å². The predicted octanol–water partition coefficient (Wildman–Crippen LogP) is 4.07. The summed E-state index contributed by atoms with van der Waals surface area (Å²) in [4.78, 5) is 22.8. The molecule has 0 N–H and O–H groups in total. The smallest absolute Gasteiger partial charge is 0.336 e. The van der Waals surface area contributed by atoms with Crippen LogP contribution < -0.4 is 9.47 Å². The summed E-state index contributed by atoms with van der Waals surface area (Å²) in [5.74, 6) is 0.162. The van der Waals surface area contributed by atoms with Crippen LogP contribution in [0.15, 0.2) is 67.3 Å². The summed E-state index contributed by atoms with van der Waals surface area (Å²) >= 11 is 0. The van der Waals surface area contributed by atoms with Gasteiger partial charge in [0, 0.05) is 12.2 Å². The average molecular weight is 391 g/mol. The Morgan fingerprint density at radius 2 is 1.59 bits per heavy atom. The largest absolute Gasteiger partial charge is 0.494 e. The van der Waals surface area contributed by atoms with E-state index in [4.69, 9.17) is 19.5 Å². The quantitative estimate of drug-likeness (QED) is 0.263. The van der Waals surface area contributed by atoms with Gasteiger partial charge in [-0.1, -0.05) is 18.7 Å². The zero-order valence-electron chi connectivity index (χ0n) is 15.9. The molecule has 0 amide bonds. The lowest BCUT2D eigenvalue weighted by Crippen LogP contribution is -2.04. The van der Waals surface area contributed by atoms with Gasteiger partial charge >= 0.3 is 11.9 Å². The molecule has 0 atom stereocenters. The summed E-state index contributed by atoms with van der Waals surface area (Å²) in [6, 6.07) is 15.6. The summed E-state index contributed by atoms with van der Waals surface area (Å²) in [6.45, 7) is 4.19. The Bertz CT molecular complexity index is 892. The van der Waals surface area contributed by atoms with Crippen LogP contribution in [0.4, 0.5) is 0 Å². The van der Waals surface area contributed by atoms with Crippen molar-refractivity contribution in [2.75, 3.05) is 13.2 Å². The summed E-state index contributed by atoms with van der Waals surface area (Å²) in [7, 11) is 0. The van der Waals surface area contributed by atoms with Gasteiger partial charge < -0.3 is 14.2 Å². The molecule has 0 saturated carbocycles. The van der Waals surface area contributed by atoms with E-state index < -0.39 is 11.9 Å². The lowest BCUT2D eigenvalue weighted by molar-refractivity contribution is -0.137. The van der Waals surface area contributed by atoms with E-state index in [2.05, 4.69) is 6.58 Å². The third kappa shape index (κ3) is 8.14. The Labute approximate surface area is 169 Å². The van der Waals surface area contributed by atoms with Gasteiger partial charge in [0.25, 0.3) is 0 Å². The Balaban J connectivity index is 1.72. The summed E-state index contributed by atoms with van der Waals surface area (Å²) < 4.78 is 15.7. The van der Waals surface area contributed by atoms with Crippen molar-refractivity contribution in [3.8, 4) is 17.6 Å². The van der Waals surface area contributed by atoms with Crippen LogP contribution in [0.1, 0.15) is 24.0 Å². The third-order valence-electron chi connectivity index (χ3n) is 3.71. The maximum absolute atomic E-state index is 11.9. The van der Waals surface area contributed by atoms with E-state index in [1.807, 2.05) is 30.3 Å². The maximum atomic E-state index is 11.9. The van der Waals surface area contributed by atoms with Gasteiger partial charge in [0.05, 0.1) is 24.8 Å². The molecule has 0 radical (unpaired) electrons. The molecule has 2 aromatic rings. The van der Waals surface area contributed by atoms with Crippen LogP contribution in [0.3, 0.4) is 0 Å². The molecule has 0 fully saturated rings. The fourth-order valence-electron chi connectivity index (χ4n) is 2.21. The second kappa shape index (κ2) is 11.8. The molecule has 6 heteroatoms. The Hall–Kier alpha value is -3.85. The van der Waals surface area contributed by atoms with Gasteiger partial charge in [-0.2, -0.15) is 5.26 Å². The van der Waals surface area contributed by atoms with E-state index in [0.29, 0.717) is 36.7 Å². The van der Waals surface area contributed by atoms with Crippen molar-refractivity contribution in [1.29, 1.82) is 5.26 Å². The van der Waals surface area contributed by atoms with E-state index in [1.165, 1.54) is 6.08 Å². The monoisotopic (exact) mass is 391 g/mol. The Morgan fingerprint density at radius 1 is 0.931 bits per heavy atom. The van der Waals surface area contributed by atoms with Gasteiger partial charge in [-0.3, -0.25) is 0 Å². The molecule has 0 aliphatic carbocycles. The van der Waals surface area contributed by atoms with Crippen LogP contribution in [0.5, 0.6) is 11.5 Å².